The number of aromatic amines is 1. The minimum absolute atomic E-state index is 0.202. The van der Waals surface area contributed by atoms with Gasteiger partial charge in [-0.2, -0.15) is 5.10 Å². The number of hydrogen-bond donors (Lipinski definition) is 3. The third-order valence-corrected chi connectivity index (χ3v) is 2.40. The van der Waals surface area contributed by atoms with Crippen molar-refractivity contribution in [3.05, 3.63) is 47.2 Å². The zero-order valence-electron chi connectivity index (χ0n) is 11.1. The molecule has 0 atom stereocenters. The smallest absolute Gasteiger partial charge is 0.290 e. The van der Waals surface area contributed by atoms with E-state index >= 15 is 0 Å². The highest BCUT2D eigenvalue weighted by atomic mass is 16.3. The van der Waals surface area contributed by atoms with Crippen LogP contribution >= 0.6 is 0 Å². The molecule has 7 heteroatoms. The van der Waals surface area contributed by atoms with E-state index in [1.165, 1.54) is 12.2 Å². The molecule has 2 aromatic rings. The van der Waals surface area contributed by atoms with E-state index in [1.54, 1.807) is 25.1 Å². The van der Waals surface area contributed by atoms with Crippen molar-refractivity contribution in [2.45, 2.75) is 13.8 Å². The highest BCUT2D eigenvalue weighted by Gasteiger charge is 2.09. The topological polar surface area (TPSA) is 100 Å². The van der Waals surface area contributed by atoms with Crippen molar-refractivity contribution in [2.24, 2.45) is 0 Å². The Morgan fingerprint density at radius 1 is 1.30 bits per heavy atom. The molecule has 0 unspecified atom stereocenters. The Morgan fingerprint density at radius 2 is 2.10 bits per heavy atom. The fraction of sp³-hybridized carbons (Fsp3) is 0.154. The van der Waals surface area contributed by atoms with Gasteiger partial charge in [0.15, 0.2) is 5.69 Å². The Morgan fingerprint density at radius 3 is 2.70 bits per heavy atom. The van der Waals surface area contributed by atoms with E-state index in [9.17, 15) is 9.59 Å². The van der Waals surface area contributed by atoms with Gasteiger partial charge in [0.25, 0.3) is 11.8 Å². The van der Waals surface area contributed by atoms with E-state index in [4.69, 9.17) is 4.42 Å². The summed E-state index contributed by atoms with van der Waals surface area (Å²) in [6, 6.07) is 5.10. The summed E-state index contributed by atoms with van der Waals surface area (Å²) < 4.78 is 5.26. The molecule has 0 bridgehead atoms. The van der Waals surface area contributed by atoms with Gasteiger partial charge in [0.2, 0.25) is 0 Å². The zero-order chi connectivity index (χ0) is 14.5. The normalized spacial score (nSPS) is 10.7. The van der Waals surface area contributed by atoms with Gasteiger partial charge in [-0.05, 0) is 38.1 Å². The number of nitrogens with zero attached hydrogens (tertiary/aromatic N) is 1. The summed E-state index contributed by atoms with van der Waals surface area (Å²) in [7, 11) is 0. The van der Waals surface area contributed by atoms with Crippen LogP contribution in [0.1, 0.15) is 27.7 Å². The third kappa shape index (κ3) is 3.58. The summed E-state index contributed by atoms with van der Waals surface area (Å²) in [6.45, 7) is 3.58. The number of rotatable bonds is 3. The number of carbonyl (C=O) groups is 2. The Bertz CT molecular complexity index is 654. The SMILES string of the molecule is Cc1cc(C(=O)NNC(=O)C=Cc2ccc(C)o2)n[nH]1. The van der Waals surface area contributed by atoms with Crippen LogP contribution in [-0.2, 0) is 4.79 Å². The lowest BCUT2D eigenvalue weighted by Crippen LogP contribution is -2.40. The highest BCUT2D eigenvalue weighted by molar-refractivity contribution is 5.96. The Hall–Kier alpha value is -2.83. The fourth-order valence-corrected chi connectivity index (χ4v) is 1.46. The summed E-state index contributed by atoms with van der Waals surface area (Å²) in [5, 5.41) is 6.40. The van der Waals surface area contributed by atoms with Crippen molar-refractivity contribution in [3.8, 4) is 0 Å². The van der Waals surface area contributed by atoms with E-state index in [0.29, 0.717) is 5.76 Å². The lowest BCUT2D eigenvalue weighted by molar-refractivity contribution is -0.117. The molecule has 104 valence electrons. The number of hydrazine groups is 1. The first-order valence-electron chi connectivity index (χ1n) is 5.91. The van der Waals surface area contributed by atoms with Gasteiger partial charge >= 0.3 is 0 Å². The molecule has 3 N–H and O–H groups in total. The van der Waals surface area contributed by atoms with Gasteiger partial charge < -0.3 is 4.42 Å². The average molecular weight is 274 g/mol. The number of carbonyl (C=O) groups excluding carboxylic acids is 2. The second kappa shape index (κ2) is 5.87. The van der Waals surface area contributed by atoms with Crippen LogP contribution in [0.3, 0.4) is 0 Å². The number of nitrogens with one attached hydrogen (secondary N) is 3. The second-order valence-corrected chi connectivity index (χ2v) is 4.16. The third-order valence-electron chi connectivity index (χ3n) is 2.40. The quantitative estimate of drug-likeness (QED) is 0.576. The first-order chi connectivity index (χ1) is 9.54. The van der Waals surface area contributed by atoms with Gasteiger partial charge in [-0.15, -0.1) is 0 Å². The van der Waals surface area contributed by atoms with E-state index in [-0.39, 0.29) is 5.69 Å². The number of aryl methyl sites for hydroxylation is 2. The Balaban J connectivity index is 1.83. The number of furan rings is 1. The number of hydrogen-bond acceptors (Lipinski definition) is 4. The maximum Gasteiger partial charge on any atom is 0.290 e. The van der Waals surface area contributed by atoms with E-state index < -0.39 is 11.8 Å². The van der Waals surface area contributed by atoms with Gasteiger partial charge in [-0.3, -0.25) is 25.5 Å². The summed E-state index contributed by atoms with van der Waals surface area (Å²) in [6.07, 6.45) is 2.77. The van der Waals surface area contributed by atoms with Crippen molar-refractivity contribution in [1.82, 2.24) is 21.0 Å². The van der Waals surface area contributed by atoms with E-state index in [2.05, 4.69) is 21.0 Å². The van der Waals surface area contributed by atoms with Gasteiger partial charge in [-0.25, -0.2) is 0 Å². The van der Waals surface area contributed by atoms with Gasteiger partial charge in [0, 0.05) is 11.8 Å². The van der Waals surface area contributed by atoms with Crippen molar-refractivity contribution < 1.29 is 14.0 Å². The monoisotopic (exact) mass is 274 g/mol. The second-order valence-electron chi connectivity index (χ2n) is 4.16. The summed E-state index contributed by atoms with van der Waals surface area (Å²) in [5.41, 5.74) is 5.46. The van der Waals surface area contributed by atoms with Crippen LogP contribution < -0.4 is 10.9 Å². The zero-order valence-corrected chi connectivity index (χ0v) is 11.1. The molecule has 7 nitrogen and oxygen atoms in total. The largest absolute Gasteiger partial charge is 0.462 e. The Kier molecular flexibility index (Phi) is 3.99. The molecule has 0 spiro atoms. The van der Waals surface area contributed by atoms with Crippen LogP contribution in [0.15, 0.2) is 28.7 Å². The predicted octanol–water partition coefficient (Wildman–Crippen LogP) is 1.09. The average Bonchev–Trinajstić information content (AvgIpc) is 3.02. The van der Waals surface area contributed by atoms with Crippen molar-refractivity contribution in [3.63, 3.8) is 0 Å². The highest BCUT2D eigenvalue weighted by Crippen LogP contribution is 2.07. The van der Waals surface area contributed by atoms with Crippen molar-refractivity contribution in [2.75, 3.05) is 0 Å². The molecular weight excluding hydrogens is 260 g/mol. The van der Waals surface area contributed by atoms with Gasteiger partial charge in [0.1, 0.15) is 11.5 Å². The van der Waals surface area contributed by atoms with Crippen LogP contribution in [0.25, 0.3) is 6.08 Å². The molecule has 0 aliphatic heterocycles. The van der Waals surface area contributed by atoms with E-state index in [1.807, 2.05) is 6.92 Å². The lowest BCUT2D eigenvalue weighted by Gasteiger charge is -2.02. The van der Waals surface area contributed by atoms with Crippen LogP contribution in [0.5, 0.6) is 0 Å². The number of aromatic nitrogens is 2. The molecular formula is C13H14N4O3. The van der Waals surface area contributed by atoms with Crippen LogP contribution in [0.2, 0.25) is 0 Å². The molecule has 0 fully saturated rings. The van der Waals surface area contributed by atoms with Gasteiger partial charge in [0.05, 0.1) is 0 Å². The minimum atomic E-state index is -0.495. The molecule has 0 aliphatic rings. The van der Waals surface area contributed by atoms with Crippen molar-refractivity contribution in [1.29, 1.82) is 0 Å². The van der Waals surface area contributed by atoms with Crippen LogP contribution in [0.4, 0.5) is 0 Å². The molecule has 2 heterocycles. The molecule has 2 rings (SSSR count). The summed E-state index contributed by atoms with van der Waals surface area (Å²) in [4.78, 5) is 23.1. The number of amides is 2. The van der Waals surface area contributed by atoms with Crippen LogP contribution in [-0.4, -0.2) is 22.0 Å². The van der Waals surface area contributed by atoms with E-state index in [0.717, 1.165) is 11.5 Å². The minimum Gasteiger partial charge on any atom is -0.462 e. The Labute approximate surface area is 115 Å². The molecule has 0 saturated heterocycles. The lowest BCUT2D eigenvalue weighted by atomic mass is 10.3. The van der Waals surface area contributed by atoms with Crippen molar-refractivity contribution >= 4 is 17.9 Å². The summed E-state index contributed by atoms with van der Waals surface area (Å²) >= 11 is 0. The standard InChI is InChI=1S/C13H14N4O3/c1-8-7-11(15-14-8)13(19)17-16-12(18)6-5-10-4-3-9(2)20-10/h3-7H,1-2H3,(H,14,15)(H,16,18)(H,17,19). The molecule has 0 aliphatic carbocycles. The summed E-state index contributed by atoms with van der Waals surface area (Å²) in [5.74, 6) is 0.351. The molecule has 0 radical (unpaired) electrons. The molecule has 0 saturated carbocycles. The molecule has 0 aromatic carbocycles. The maximum absolute atomic E-state index is 11.6. The molecule has 2 aromatic heterocycles. The molecule has 20 heavy (non-hydrogen) atoms. The van der Waals surface area contributed by atoms with Crippen LogP contribution in [0, 0.1) is 13.8 Å². The fourth-order valence-electron chi connectivity index (χ4n) is 1.46. The first-order valence-corrected chi connectivity index (χ1v) is 5.91. The predicted molar refractivity (Wildman–Crippen MR) is 71.4 cm³/mol. The molecule has 2 amide bonds. The first kappa shape index (κ1) is 13.6. The number of H-pyrrole nitrogens is 1. The van der Waals surface area contributed by atoms with Gasteiger partial charge in [-0.1, -0.05) is 0 Å². The maximum atomic E-state index is 11.6.